The Morgan fingerprint density at radius 2 is 0.923 bits per heavy atom. The van der Waals surface area contributed by atoms with Crippen molar-refractivity contribution in [1.29, 1.82) is 0 Å². The molecule has 39 heavy (non-hydrogen) atoms. The third-order valence-corrected chi connectivity index (χ3v) is 7.00. The predicted octanol–water partition coefficient (Wildman–Crippen LogP) is 5.32. The number of hydrogen-bond acceptors (Lipinski definition) is 6. The molecule has 0 aromatic heterocycles. The summed E-state index contributed by atoms with van der Waals surface area (Å²) < 4.78 is 23.0. The van der Waals surface area contributed by atoms with Gasteiger partial charge in [0.1, 0.15) is 22.8 Å². The fourth-order valence-corrected chi connectivity index (χ4v) is 4.96. The molecule has 0 saturated heterocycles. The van der Waals surface area contributed by atoms with Crippen molar-refractivity contribution in [2.75, 3.05) is 34.5 Å². The van der Waals surface area contributed by atoms with Gasteiger partial charge in [-0.15, -0.1) is 0 Å². The fraction of sp³-hybridized carbons (Fsp3) is 0.188. The molecular weight excluding hydrogens is 494 g/mol. The number of imide groups is 1. The zero-order valence-corrected chi connectivity index (χ0v) is 22.0. The molecule has 0 spiro atoms. The first-order valence-corrected chi connectivity index (χ1v) is 12.5. The lowest BCUT2D eigenvalue weighted by molar-refractivity contribution is 0.00332. The first kappa shape index (κ1) is 26.0. The first-order valence-electron chi connectivity index (χ1n) is 12.5. The molecule has 4 aromatic carbocycles. The number of fused-ring (bicyclic) bond motifs is 1. The molecule has 1 aliphatic rings. The molecule has 0 fully saturated rings. The van der Waals surface area contributed by atoms with Crippen LogP contribution >= 0.6 is 0 Å². The van der Waals surface area contributed by atoms with Crippen LogP contribution in [0.15, 0.2) is 97.1 Å². The standard InChI is InChI=1S/C32H29NO6/c1-36-25-14-8-22(9-15-25)32(23-10-16-26(37-2)17-11-23,24-12-18-27(38-3)19-13-24)39-21-20-33-30(34)28-6-4-5-7-29(28)31(33)35/h4-19H,20-21H2,1-3H3. The third kappa shape index (κ3) is 4.73. The van der Waals surface area contributed by atoms with Gasteiger partial charge in [0.25, 0.3) is 11.8 Å². The maximum atomic E-state index is 13.0. The van der Waals surface area contributed by atoms with Crippen molar-refractivity contribution in [2.45, 2.75) is 5.60 Å². The van der Waals surface area contributed by atoms with Crippen molar-refractivity contribution < 1.29 is 28.5 Å². The average molecular weight is 524 g/mol. The van der Waals surface area contributed by atoms with Gasteiger partial charge in [-0.2, -0.15) is 0 Å². The number of carbonyl (C=O) groups excluding carboxylic acids is 2. The predicted molar refractivity (Wildman–Crippen MR) is 147 cm³/mol. The second kappa shape index (κ2) is 11.0. The topological polar surface area (TPSA) is 74.3 Å². The highest BCUT2D eigenvalue weighted by molar-refractivity contribution is 6.21. The van der Waals surface area contributed by atoms with Gasteiger partial charge in [-0.05, 0) is 65.2 Å². The summed E-state index contributed by atoms with van der Waals surface area (Å²) in [5.74, 6) is 1.50. The van der Waals surface area contributed by atoms with Crippen LogP contribution < -0.4 is 14.2 Å². The van der Waals surface area contributed by atoms with Gasteiger partial charge in [0.15, 0.2) is 0 Å². The third-order valence-electron chi connectivity index (χ3n) is 7.00. The van der Waals surface area contributed by atoms with Crippen LogP contribution in [-0.4, -0.2) is 51.2 Å². The largest absolute Gasteiger partial charge is 0.497 e. The van der Waals surface area contributed by atoms with E-state index in [9.17, 15) is 9.59 Å². The molecule has 5 rings (SSSR count). The van der Waals surface area contributed by atoms with Crippen LogP contribution in [-0.2, 0) is 10.3 Å². The van der Waals surface area contributed by atoms with E-state index in [0.29, 0.717) is 28.4 Å². The zero-order chi connectivity index (χ0) is 27.4. The smallest absolute Gasteiger partial charge is 0.261 e. The summed E-state index contributed by atoms with van der Waals surface area (Å²) in [5.41, 5.74) is 2.29. The Kier molecular flexibility index (Phi) is 7.34. The van der Waals surface area contributed by atoms with E-state index in [4.69, 9.17) is 18.9 Å². The van der Waals surface area contributed by atoms with Crippen molar-refractivity contribution in [3.05, 3.63) is 125 Å². The highest BCUT2D eigenvalue weighted by atomic mass is 16.5. The number of rotatable bonds is 10. The minimum atomic E-state index is -1.08. The Morgan fingerprint density at radius 1 is 0.564 bits per heavy atom. The van der Waals surface area contributed by atoms with Gasteiger partial charge >= 0.3 is 0 Å². The number of ether oxygens (including phenoxy) is 4. The monoisotopic (exact) mass is 523 g/mol. The van der Waals surface area contributed by atoms with Gasteiger partial charge in [-0.3, -0.25) is 14.5 Å². The highest BCUT2D eigenvalue weighted by Gasteiger charge is 2.40. The summed E-state index contributed by atoms with van der Waals surface area (Å²) in [6.45, 7) is 0.187. The number of benzene rings is 4. The van der Waals surface area contributed by atoms with Crippen molar-refractivity contribution in [3.8, 4) is 17.2 Å². The van der Waals surface area contributed by atoms with E-state index < -0.39 is 5.60 Å². The van der Waals surface area contributed by atoms with Crippen LogP contribution in [0.3, 0.4) is 0 Å². The Hall–Kier alpha value is -4.62. The Labute approximate surface area is 227 Å². The SMILES string of the molecule is COc1ccc(C(OCCN2C(=O)c3ccccc3C2=O)(c2ccc(OC)cc2)c2ccc(OC)cc2)cc1. The van der Waals surface area contributed by atoms with E-state index in [0.717, 1.165) is 16.7 Å². The van der Waals surface area contributed by atoms with Gasteiger partial charge in [0.2, 0.25) is 0 Å². The van der Waals surface area contributed by atoms with E-state index >= 15 is 0 Å². The summed E-state index contributed by atoms with van der Waals surface area (Å²) >= 11 is 0. The van der Waals surface area contributed by atoms with Crippen LogP contribution in [0, 0.1) is 0 Å². The number of nitrogens with zero attached hydrogens (tertiary/aromatic N) is 1. The van der Waals surface area contributed by atoms with Gasteiger partial charge < -0.3 is 18.9 Å². The Balaban J connectivity index is 1.57. The summed E-state index contributed by atoms with van der Waals surface area (Å²) in [5, 5.41) is 0. The van der Waals surface area contributed by atoms with Crippen LogP contribution in [0.4, 0.5) is 0 Å². The van der Waals surface area contributed by atoms with Crippen molar-refractivity contribution in [1.82, 2.24) is 4.90 Å². The molecule has 7 nitrogen and oxygen atoms in total. The number of carbonyl (C=O) groups is 2. The molecule has 0 bridgehead atoms. The lowest BCUT2D eigenvalue weighted by atomic mass is 9.80. The second-order valence-corrected chi connectivity index (χ2v) is 9.02. The molecule has 198 valence electrons. The van der Waals surface area contributed by atoms with Crippen molar-refractivity contribution in [2.24, 2.45) is 0 Å². The van der Waals surface area contributed by atoms with Gasteiger partial charge in [-0.25, -0.2) is 0 Å². The summed E-state index contributed by atoms with van der Waals surface area (Å²) in [4.78, 5) is 27.2. The fourth-order valence-electron chi connectivity index (χ4n) is 4.96. The molecule has 7 heteroatoms. The lowest BCUT2D eigenvalue weighted by Gasteiger charge is -2.36. The molecule has 1 aliphatic heterocycles. The normalized spacial score (nSPS) is 12.8. The van der Waals surface area contributed by atoms with E-state index in [-0.39, 0.29) is 25.0 Å². The molecule has 0 radical (unpaired) electrons. The Morgan fingerprint density at radius 3 is 1.26 bits per heavy atom. The quantitative estimate of drug-likeness (QED) is 0.207. The summed E-state index contributed by atoms with van der Waals surface area (Å²) in [7, 11) is 4.86. The van der Waals surface area contributed by atoms with E-state index in [1.807, 2.05) is 72.8 Å². The summed E-state index contributed by atoms with van der Waals surface area (Å²) in [6, 6.07) is 29.9. The van der Waals surface area contributed by atoms with Gasteiger partial charge in [-0.1, -0.05) is 48.5 Å². The maximum absolute atomic E-state index is 13.0. The molecule has 0 unspecified atom stereocenters. The van der Waals surface area contributed by atoms with E-state index in [1.165, 1.54) is 4.90 Å². The summed E-state index contributed by atoms with van der Waals surface area (Å²) in [6.07, 6.45) is 0. The zero-order valence-electron chi connectivity index (χ0n) is 22.0. The van der Waals surface area contributed by atoms with E-state index in [1.54, 1.807) is 45.6 Å². The molecule has 0 aliphatic carbocycles. The maximum Gasteiger partial charge on any atom is 0.261 e. The second-order valence-electron chi connectivity index (χ2n) is 9.02. The van der Waals surface area contributed by atoms with E-state index in [2.05, 4.69) is 0 Å². The van der Waals surface area contributed by atoms with Crippen LogP contribution in [0.5, 0.6) is 17.2 Å². The number of methoxy groups -OCH3 is 3. The molecule has 0 N–H and O–H groups in total. The van der Waals surface area contributed by atoms with Gasteiger partial charge in [0, 0.05) is 0 Å². The molecular formula is C32H29NO6. The number of amides is 2. The first-order chi connectivity index (χ1) is 19.0. The molecule has 1 heterocycles. The van der Waals surface area contributed by atoms with Crippen LogP contribution in [0.25, 0.3) is 0 Å². The molecule has 2 amide bonds. The minimum Gasteiger partial charge on any atom is -0.497 e. The van der Waals surface area contributed by atoms with Crippen LogP contribution in [0.2, 0.25) is 0 Å². The van der Waals surface area contributed by atoms with Gasteiger partial charge in [0.05, 0.1) is 45.6 Å². The van der Waals surface area contributed by atoms with Crippen LogP contribution in [0.1, 0.15) is 37.4 Å². The highest BCUT2D eigenvalue weighted by Crippen LogP contribution is 2.42. The van der Waals surface area contributed by atoms with Crippen molar-refractivity contribution >= 4 is 11.8 Å². The molecule has 0 saturated carbocycles. The molecule has 4 aromatic rings. The lowest BCUT2D eigenvalue weighted by Crippen LogP contribution is -2.38. The number of hydrogen-bond donors (Lipinski definition) is 0. The molecule has 0 atom stereocenters. The Bertz CT molecular complexity index is 1310. The minimum absolute atomic E-state index is 0.0928. The van der Waals surface area contributed by atoms with Crippen molar-refractivity contribution in [3.63, 3.8) is 0 Å². The average Bonchev–Trinajstić information content (AvgIpc) is 3.24.